The van der Waals surface area contributed by atoms with Crippen molar-refractivity contribution in [3.63, 3.8) is 0 Å². The van der Waals surface area contributed by atoms with Crippen molar-refractivity contribution in [3.05, 3.63) is 69.2 Å². The average Bonchev–Trinajstić information content (AvgIpc) is 2.34. The van der Waals surface area contributed by atoms with Gasteiger partial charge in [0.05, 0.1) is 4.47 Å². The molecule has 19 heavy (non-hydrogen) atoms. The maximum atomic E-state index is 13.4. The predicted octanol–water partition coefficient (Wildman–Crippen LogP) is 4.46. The zero-order valence-corrected chi connectivity index (χ0v) is 11.8. The summed E-state index contributed by atoms with van der Waals surface area (Å²) >= 11 is 3.12. The number of hydrogen-bond donors (Lipinski definition) is 0. The van der Waals surface area contributed by atoms with Crippen LogP contribution in [0.15, 0.2) is 40.9 Å². The Kier molecular flexibility index (Phi) is 4.10. The quantitative estimate of drug-likeness (QED) is 0.762. The van der Waals surface area contributed by atoms with Crippen LogP contribution in [-0.4, -0.2) is 5.78 Å². The standard InChI is InChI=1S/C15H11BrF2O/c1-9-7-11(17)5-6-12(9)14(19)8-10-3-2-4-13(18)15(10)16/h2-7H,8H2,1H3. The molecule has 0 amide bonds. The summed E-state index contributed by atoms with van der Waals surface area (Å²) < 4.78 is 26.6. The first-order valence-electron chi connectivity index (χ1n) is 5.71. The fourth-order valence-corrected chi connectivity index (χ4v) is 2.30. The summed E-state index contributed by atoms with van der Waals surface area (Å²) in [4.78, 5) is 12.1. The minimum absolute atomic E-state index is 0.0742. The second-order valence-electron chi connectivity index (χ2n) is 4.27. The molecule has 0 aliphatic rings. The monoisotopic (exact) mass is 324 g/mol. The molecule has 0 aliphatic heterocycles. The van der Waals surface area contributed by atoms with Crippen LogP contribution in [-0.2, 0) is 6.42 Å². The smallest absolute Gasteiger partial charge is 0.167 e. The summed E-state index contributed by atoms with van der Waals surface area (Å²) in [7, 11) is 0. The van der Waals surface area contributed by atoms with Crippen LogP contribution in [0.3, 0.4) is 0 Å². The van der Waals surface area contributed by atoms with E-state index in [1.54, 1.807) is 19.1 Å². The Hall–Kier alpha value is -1.55. The van der Waals surface area contributed by atoms with Gasteiger partial charge in [-0.05, 0) is 58.2 Å². The van der Waals surface area contributed by atoms with E-state index in [0.717, 1.165) is 0 Å². The van der Waals surface area contributed by atoms with Crippen molar-refractivity contribution in [1.82, 2.24) is 0 Å². The minimum atomic E-state index is -0.402. The lowest BCUT2D eigenvalue weighted by molar-refractivity contribution is 0.0992. The maximum Gasteiger partial charge on any atom is 0.167 e. The Morgan fingerprint density at radius 1 is 1.21 bits per heavy atom. The van der Waals surface area contributed by atoms with Gasteiger partial charge in [-0.2, -0.15) is 0 Å². The molecule has 0 fully saturated rings. The normalized spacial score (nSPS) is 10.5. The molecular formula is C15H11BrF2O. The van der Waals surface area contributed by atoms with Crippen molar-refractivity contribution in [2.24, 2.45) is 0 Å². The van der Waals surface area contributed by atoms with Gasteiger partial charge in [-0.25, -0.2) is 8.78 Å². The number of aryl methyl sites for hydroxylation is 1. The van der Waals surface area contributed by atoms with Gasteiger partial charge in [0, 0.05) is 12.0 Å². The highest BCUT2D eigenvalue weighted by molar-refractivity contribution is 9.10. The van der Waals surface area contributed by atoms with Crippen molar-refractivity contribution >= 4 is 21.7 Å². The van der Waals surface area contributed by atoms with Crippen LogP contribution in [0.25, 0.3) is 0 Å². The van der Waals surface area contributed by atoms with E-state index in [1.807, 2.05) is 0 Å². The molecule has 2 aromatic carbocycles. The fraction of sp³-hybridized carbons (Fsp3) is 0.133. The molecule has 0 atom stereocenters. The molecule has 0 saturated heterocycles. The van der Waals surface area contributed by atoms with Crippen molar-refractivity contribution in [3.8, 4) is 0 Å². The van der Waals surface area contributed by atoms with Gasteiger partial charge in [0.1, 0.15) is 11.6 Å². The SMILES string of the molecule is Cc1cc(F)ccc1C(=O)Cc1cccc(F)c1Br. The molecule has 0 bridgehead atoms. The minimum Gasteiger partial charge on any atom is -0.294 e. The number of carbonyl (C=O) groups is 1. The summed E-state index contributed by atoms with van der Waals surface area (Å²) in [6, 6.07) is 8.58. The van der Waals surface area contributed by atoms with E-state index in [-0.39, 0.29) is 18.0 Å². The van der Waals surface area contributed by atoms with E-state index in [2.05, 4.69) is 15.9 Å². The van der Waals surface area contributed by atoms with Crippen LogP contribution in [0.2, 0.25) is 0 Å². The van der Waals surface area contributed by atoms with Crippen LogP contribution in [0.1, 0.15) is 21.5 Å². The predicted molar refractivity (Wildman–Crippen MR) is 73.3 cm³/mol. The first-order valence-corrected chi connectivity index (χ1v) is 6.50. The Balaban J connectivity index is 2.28. The lowest BCUT2D eigenvalue weighted by Gasteiger charge is -2.07. The number of ketones is 1. The number of halogens is 3. The van der Waals surface area contributed by atoms with Crippen LogP contribution in [0, 0.1) is 18.6 Å². The third-order valence-electron chi connectivity index (χ3n) is 2.87. The van der Waals surface area contributed by atoms with Gasteiger partial charge in [-0.15, -0.1) is 0 Å². The van der Waals surface area contributed by atoms with Crippen molar-refractivity contribution < 1.29 is 13.6 Å². The number of carbonyl (C=O) groups excluding carboxylic acids is 1. The van der Waals surface area contributed by atoms with E-state index in [1.165, 1.54) is 24.3 Å². The highest BCUT2D eigenvalue weighted by Crippen LogP contribution is 2.22. The van der Waals surface area contributed by atoms with E-state index >= 15 is 0 Å². The third kappa shape index (κ3) is 3.07. The Morgan fingerprint density at radius 2 is 1.95 bits per heavy atom. The van der Waals surface area contributed by atoms with Gasteiger partial charge in [-0.3, -0.25) is 4.79 Å². The fourth-order valence-electron chi connectivity index (χ4n) is 1.89. The Labute approximate surface area is 118 Å². The third-order valence-corrected chi connectivity index (χ3v) is 3.76. The first kappa shape index (κ1) is 13.9. The number of benzene rings is 2. The van der Waals surface area contributed by atoms with Gasteiger partial charge in [0.15, 0.2) is 5.78 Å². The van der Waals surface area contributed by atoms with E-state index in [0.29, 0.717) is 21.2 Å². The Morgan fingerprint density at radius 3 is 2.63 bits per heavy atom. The van der Waals surface area contributed by atoms with Crippen molar-refractivity contribution in [2.45, 2.75) is 13.3 Å². The van der Waals surface area contributed by atoms with E-state index in [9.17, 15) is 13.6 Å². The number of hydrogen-bond acceptors (Lipinski definition) is 1. The molecule has 0 aliphatic carbocycles. The topological polar surface area (TPSA) is 17.1 Å². The highest BCUT2D eigenvalue weighted by Gasteiger charge is 2.13. The molecule has 0 aromatic heterocycles. The molecule has 4 heteroatoms. The molecule has 0 unspecified atom stereocenters. The van der Waals surface area contributed by atoms with E-state index < -0.39 is 5.82 Å². The molecule has 0 spiro atoms. The van der Waals surface area contributed by atoms with Crippen molar-refractivity contribution in [1.29, 1.82) is 0 Å². The van der Waals surface area contributed by atoms with Crippen LogP contribution in [0.4, 0.5) is 8.78 Å². The average molecular weight is 325 g/mol. The number of Topliss-reactive ketones (excluding diaryl/α,β-unsaturated/α-hetero) is 1. The summed E-state index contributed by atoms with van der Waals surface area (Å²) in [5.41, 5.74) is 1.61. The molecule has 0 heterocycles. The summed E-state index contributed by atoms with van der Waals surface area (Å²) in [5, 5.41) is 0. The maximum absolute atomic E-state index is 13.4. The zero-order chi connectivity index (χ0) is 14.0. The van der Waals surface area contributed by atoms with Gasteiger partial charge >= 0.3 is 0 Å². The van der Waals surface area contributed by atoms with Crippen LogP contribution in [0.5, 0.6) is 0 Å². The van der Waals surface area contributed by atoms with Gasteiger partial charge in [0.2, 0.25) is 0 Å². The highest BCUT2D eigenvalue weighted by atomic mass is 79.9. The number of rotatable bonds is 3. The summed E-state index contributed by atoms with van der Waals surface area (Å²) in [5.74, 6) is -0.939. The molecule has 0 saturated carbocycles. The van der Waals surface area contributed by atoms with Gasteiger partial charge < -0.3 is 0 Å². The van der Waals surface area contributed by atoms with E-state index in [4.69, 9.17) is 0 Å². The molecular weight excluding hydrogens is 314 g/mol. The van der Waals surface area contributed by atoms with Gasteiger partial charge in [-0.1, -0.05) is 12.1 Å². The summed E-state index contributed by atoms with van der Waals surface area (Å²) in [6.45, 7) is 1.68. The molecule has 2 rings (SSSR count). The molecule has 98 valence electrons. The molecule has 1 nitrogen and oxygen atoms in total. The lowest BCUT2D eigenvalue weighted by atomic mass is 9.99. The van der Waals surface area contributed by atoms with Crippen LogP contribution < -0.4 is 0 Å². The zero-order valence-electron chi connectivity index (χ0n) is 10.2. The molecule has 0 radical (unpaired) electrons. The second kappa shape index (κ2) is 5.61. The molecule has 0 N–H and O–H groups in total. The summed E-state index contributed by atoms with van der Waals surface area (Å²) in [6.07, 6.45) is 0.0742. The Bertz CT molecular complexity index is 638. The first-order chi connectivity index (χ1) is 8.99. The molecule has 2 aromatic rings. The lowest BCUT2D eigenvalue weighted by Crippen LogP contribution is -2.07. The van der Waals surface area contributed by atoms with Gasteiger partial charge in [0.25, 0.3) is 0 Å². The largest absolute Gasteiger partial charge is 0.294 e. The second-order valence-corrected chi connectivity index (χ2v) is 5.07. The van der Waals surface area contributed by atoms with Crippen molar-refractivity contribution in [2.75, 3.05) is 0 Å². The van der Waals surface area contributed by atoms with Crippen LogP contribution >= 0.6 is 15.9 Å².